The van der Waals surface area contributed by atoms with Crippen molar-refractivity contribution in [3.63, 3.8) is 0 Å². The third kappa shape index (κ3) is 2.01. The van der Waals surface area contributed by atoms with Crippen molar-refractivity contribution < 1.29 is 13.9 Å². The van der Waals surface area contributed by atoms with E-state index in [2.05, 4.69) is 4.98 Å². The summed E-state index contributed by atoms with van der Waals surface area (Å²) in [6, 6.07) is 13.3. The normalized spacial score (nSPS) is 10.6. The van der Waals surface area contributed by atoms with Gasteiger partial charge in [0.15, 0.2) is 16.8 Å². The van der Waals surface area contributed by atoms with Gasteiger partial charge in [-0.3, -0.25) is 0 Å². The summed E-state index contributed by atoms with van der Waals surface area (Å²) in [6.45, 7) is 0. The van der Waals surface area contributed by atoms with Crippen LogP contribution in [0.15, 0.2) is 46.9 Å². The van der Waals surface area contributed by atoms with Gasteiger partial charge >= 0.3 is 0 Å². The van der Waals surface area contributed by atoms with Gasteiger partial charge in [0.05, 0.1) is 14.2 Å². The van der Waals surface area contributed by atoms with Crippen molar-refractivity contribution >= 4 is 11.1 Å². The Morgan fingerprint density at radius 3 is 2.47 bits per heavy atom. The molecule has 0 aliphatic carbocycles. The van der Waals surface area contributed by atoms with Crippen LogP contribution in [0.3, 0.4) is 0 Å². The number of benzene rings is 2. The number of nitrogens with zero attached hydrogens (tertiary/aromatic N) is 1. The summed E-state index contributed by atoms with van der Waals surface area (Å²) in [4.78, 5) is 4.48. The predicted octanol–water partition coefficient (Wildman–Crippen LogP) is 3.51. The fraction of sp³-hybridized carbons (Fsp3) is 0.133. The minimum Gasteiger partial charge on any atom is -0.496 e. The molecule has 0 radical (unpaired) electrons. The highest BCUT2D eigenvalue weighted by atomic mass is 16.5. The van der Waals surface area contributed by atoms with Crippen LogP contribution < -0.4 is 9.47 Å². The van der Waals surface area contributed by atoms with Crippen LogP contribution in [0.5, 0.6) is 11.5 Å². The minimum absolute atomic E-state index is 0.571. The zero-order valence-electron chi connectivity index (χ0n) is 10.7. The Morgan fingerprint density at radius 1 is 1.00 bits per heavy atom. The maximum absolute atomic E-state index is 5.77. The largest absolute Gasteiger partial charge is 0.496 e. The molecule has 0 atom stereocenters. The van der Waals surface area contributed by atoms with Gasteiger partial charge in [-0.15, -0.1) is 0 Å². The van der Waals surface area contributed by atoms with Gasteiger partial charge in [0.2, 0.25) is 5.89 Å². The monoisotopic (exact) mass is 256 g/mol. The van der Waals surface area contributed by atoms with Gasteiger partial charge in [-0.25, -0.2) is 4.98 Å². The van der Waals surface area contributed by atoms with Crippen molar-refractivity contribution in [1.29, 1.82) is 0 Å². The van der Waals surface area contributed by atoms with Gasteiger partial charge in [0, 0.05) is 17.7 Å². The second-order valence-electron chi connectivity index (χ2n) is 4.06. The van der Waals surface area contributed by atoms with Crippen LogP contribution in [0.4, 0.5) is 0 Å². The number of methoxy groups -OCH3 is 2. The molecule has 0 aliphatic rings. The van der Waals surface area contributed by atoms with Crippen LogP contribution in [-0.4, -0.2) is 19.2 Å². The summed E-state index contributed by atoms with van der Waals surface area (Å²) >= 11 is 0. The molecule has 96 valence electrons. The van der Waals surface area contributed by atoms with Crippen molar-refractivity contribution in [3.8, 4) is 23.0 Å². The number of aromatic nitrogens is 1. The molecule has 0 bridgehead atoms. The zero-order valence-corrected chi connectivity index (χ0v) is 10.7. The van der Waals surface area contributed by atoms with Crippen LogP contribution in [0.2, 0.25) is 0 Å². The molecule has 0 saturated heterocycles. The second kappa shape index (κ2) is 4.65. The van der Waals surface area contributed by atoms with Gasteiger partial charge in [-0.1, -0.05) is 18.2 Å². The minimum atomic E-state index is 0.571. The molecule has 0 fully saturated rings. The Morgan fingerprint density at radius 2 is 1.79 bits per heavy atom. The summed E-state index contributed by atoms with van der Waals surface area (Å²) < 4.78 is 16.3. The van der Waals surface area contributed by atoms with E-state index in [1.807, 2.05) is 30.3 Å². The van der Waals surface area contributed by atoms with E-state index >= 15 is 0 Å². The first-order chi connectivity index (χ1) is 9.31. The predicted molar refractivity (Wildman–Crippen MR) is 72.5 cm³/mol. The number of rotatable bonds is 3. The van der Waals surface area contributed by atoms with E-state index < -0.39 is 0 Å². The molecule has 0 saturated carbocycles. The Labute approximate surface area is 110 Å². The molecule has 4 nitrogen and oxygen atoms in total. The summed E-state index contributed by atoms with van der Waals surface area (Å²) in [5.41, 5.74) is 2.27. The number of oxazole rings is 1. The summed E-state index contributed by atoms with van der Waals surface area (Å²) in [7, 11) is 3.21. The van der Waals surface area contributed by atoms with E-state index in [-0.39, 0.29) is 0 Å². The number of hydrogen-bond donors (Lipinski definition) is 0. The van der Waals surface area contributed by atoms with E-state index in [4.69, 9.17) is 13.9 Å². The lowest BCUT2D eigenvalue weighted by Crippen LogP contribution is -1.87. The number of hydrogen-bond acceptors (Lipinski definition) is 4. The van der Waals surface area contributed by atoms with Gasteiger partial charge in [0.25, 0.3) is 0 Å². The van der Waals surface area contributed by atoms with Crippen molar-refractivity contribution in [2.75, 3.05) is 14.2 Å². The lowest BCUT2D eigenvalue weighted by atomic mass is 10.3. The number of fused-ring (bicyclic) bond motifs is 1. The SMILES string of the molecule is COc1cc(OC)c2n[13c](-c3ccccc3)oc2c1. The van der Waals surface area contributed by atoms with Crippen LogP contribution in [0.25, 0.3) is 22.6 Å². The first kappa shape index (κ1) is 11.6. The maximum Gasteiger partial charge on any atom is 0.227 e. The first-order valence-corrected chi connectivity index (χ1v) is 5.90. The molecule has 0 N–H and O–H groups in total. The maximum atomic E-state index is 5.77. The molecule has 0 aliphatic heterocycles. The van der Waals surface area contributed by atoms with Crippen molar-refractivity contribution in [3.05, 3.63) is 42.5 Å². The summed E-state index contributed by atoms with van der Waals surface area (Å²) in [5, 5.41) is 0. The Bertz CT molecular complexity index is 704. The van der Waals surface area contributed by atoms with E-state index in [1.165, 1.54) is 0 Å². The topological polar surface area (TPSA) is 44.5 Å². The smallest absolute Gasteiger partial charge is 0.227 e. The summed E-state index contributed by atoms with van der Waals surface area (Å²) in [5.74, 6) is 1.89. The first-order valence-electron chi connectivity index (χ1n) is 5.90. The molecular formula is C15H13NO3. The molecular weight excluding hydrogens is 243 g/mol. The zero-order chi connectivity index (χ0) is 13.2. The molecule has 0 amide bonds. The molecule has 2 aromatic carbocycles. The van der Waals surface area contributed by atoms with Crippen LogP contribution in [0, 0.1) is 0 Å². The van der Waals surface area contributed by atoms with Crippen molar-refractivity contribution in [2.24, 2.45) is 0 Å². The molecule has 3 rings (SSSR count). The van der Waals surface area contributed by atoms with Crippen LogP contribution in [0.1, 0.15) is 0 Å². The van der Waals surface area contributed by atoms with E-state index in [0.717, 1.165) is 5.56 Å². The average molecular weight is 256 g/mol. The van der Waals surface area contributed by atoms with Crippen molar-refractivity contribution in [2.45, 2.75) is 0 Å². The third-order valence-electron chi connectivity index (χ3n) is 2.91. The van der Waals surface area contributed by atoms with Gasteiger partial charge in [0.1, 0.15) is 5.75 Å². The quantitative estimate of drug-likeness (QED) is 0.719. The average Bonchev–Trinajstić information content (AvgIpc) is 2.91. The second-order valence-corrected chi connectivity index (χ2v) is 4.06. The highest BCUT2D eigenvalue weighted by molar-refractivity contribution is 5.84. The highest BCUT2D eigenvalue weighted by Crippen LogP contribution is 2.33. The molecule has 0 unspecified atom stereocenters. The molecule has 3 aromatic rings. The van der Waals surface area contributed by atoms with E-state index in [0.29, 0.717) is 28.5 Å². The van der Waals surface area contributed by atoms with Gasteiger partial charge in [-0.05, 0) is 12.1 Å². The Hall–Kier alpha value is -2.49. The molecule has 1 heterocycles. The van der Waals surface area contributed by atoms with Gasteiger partial charge < -0.3 is 13.9 Å². The lowest BCUT2D eigenvalue weighted by molar-refractivity contribution is 0.397. The Kier molecular flexibility index (Phi) is 2.83. The van der Waals surface area contributed by atoms with E-state index in [1.54, 1.807) is 26.4 Å². The van der Waals surface area contributed by atoms with Crippen LogP contribution in [-0.2, 0) is 0 Å². The fourth-order valence-electron chi connectivity index (χ4n) is 1.95. The Balaban J connectivity index is 2.20. The third-order valence-corrected chi connectivity index (χ3v) is 2.91. The van der Waals surface area contributed by atoms with Crippen molar-refractivity contribution in [1.82, 2.24) is 4.98 Å². The van der Waals surface area contributed by atoms with Gasteiger partial charge in [-0.2, -0.15) is 0 Å². The lowest BCUT2D eigenvalue weighted by Gasteiger charge is -2.03. The highest BCUT2D eigenvalue weighted by Gasteiger charge is 2.13. The molecule has 4 heteroatoms. The standard InChI is InChI=1S/C15H13NO3/c1-17-11-8-12(18-2)14-13(9-11)19-15(16-14)10-6-4-3-5-7-10/h3-9H,1-2H3/i15+1. The van der Waals surface area contributed by atoms with E-state index in [9.17, 15) is 0 Å². The molecule has 19 heavy (non-hydrogen) atoms. The molecule has 1 aromatic heterocycles. The number of ether oxygens (including phenoxy) is 2. The molecule has 0 spiro atoms. The summed E-state index contributed by atoms with van der Waals surface area (Å²) in [6.07, 6.45) is 0. The van der Waals surface area contributed by atoms with Crippen LogP contribution >= 0.6 is 0 Å². The fourth-order valence-corrected chi connectivity index (χ4v) is 1.95.